The molecule has 0 N–H and O–H groups in total. The zero-order valence-electron chi connectivity index (χ0n) is 7.99. The van der Waals surface area contributed by atoms with Gasteiger partial charge in [-0.05, 0) is 43.2 Å². The highest BCUT2D eigenvalue weighted by Crippen LogP contribution is 2.16. The lowest BCUT2D eigenvalue weighted by Gasteiger charge is -2.08. The molecule has 66 valence electrons. The fourth-order valence-electron chi connectivity index (χ4n) is 1.51. The fraction of sp³-hybridized carbons (Fsp3) is 0.167. The van der Waals surface area contributed by atoms with Gasteiger partial charge in [0.25, 0.3) is 0 Å². The lowest BCUT2D eigenvalue weighted by Crippen LogP contribution is -1.94. The smallest absolute Gasteiger partial charge is 0.0481 e. The van der Waals surface area contributed by atoms with E-state index in [0.29, 0.717) is 0 Å². The average Bonchev–Trinajstić information content (AvgIpc) is 2.62. The van der Waals surface area contributed by atoms with Crippen LogP contribution in [0.4, 0.5) is 0 Å². The highest BCUT2D eigenvalue weighted by Gasteiger charge is 2.00. The summed E-state index contributed by atoms with van der Waals surface area (Å²) in [6.07, 6.45) is 4.14. The summed E-state index contributed by atoms with van der Waals surface area (Å²) in [7, 11) is 0. The van der Waals surface area contributed by atoms with Crippen LogP contribution in [-0.2, 0) is 0 Å². The van der Waals surface area contributed by atoms with E-state index < -0.39 is 0 Å². The minimum absolute atomic E-state index is 1.27. The number of hydrogen-bond donors (Lipinski definition) is 0. The third kappa shape index (κ3) is 1.37. The van der Waals surface area contributed by atoms with Crippen molar-refractivity contribution in [3.63, 3.8) is 0 Å². The predicted octanol–water partition coefficient (Wildman–Crippen LogP) is 3.09. The molecule has 1 aromatic heterocycles. The first-order valence-electron chi connectivity index (χ1n) is 4.48. The quantitative estimate of drug-likeness (QED) is 0.621. The van der Waals surface area contributed by atoms with Gasteiger partial charge in [0, 0.05) is 18.1 Å². The third-order valence-corrected chi connectivity index (χ3v) is 2.46. The SMILES string of the molecule is Cc1cccc(-n2cccc2)c1C. The third-order valence-electron chi connectivity index (χ3n) is 2.46. The van der Waals surface area contributed by atoms with Crippen LogP contribution >= 0.6 is 0 Å². The molecule has 13 heavy (non-hydrogen) atoms. The Labute approximate surface area is 78.6 Å². The molecular formula is C12H13N. The van der Waals surface area contributed by atoms with Crippen LogP contribution in [0.15, 0.2) is 42.7 Å². The van der Waals surface area contributed by atoms with Gasteiger partial charge in [0.1, 0.15) is 0 Å². The number of nitrogens with zero attached hydrogens (tertiary/aromatic N) is 1. The van der Waals surface area contributed by atoms with E-state index in [9.17, 15) is 0 Å². The van der Waals surface area contributed by atoms with E-state index in [1.165, 1.54) is 16.8 Å². The Balaban J connectivity index is 2.59. The van der Waals surface area contributed by atoms with Gasteiger partial charge in [-0.3, -0.25) is 0 Å². The molecule has 1 nitrogen and oxygen atoms in total. The van der Waals surface area contributed by atoms with Gasteiger partial charge >= 0.3 is 0 Å². The van der Waals surface area contributed by atoms with Crippen molar-refractivity contribution in [3.05, 3.63) is 53.9 Å². The van der Waals surface area contributed by atoms with Crippen molar-refractivity contribution in [3.8, 4) is 5.69 Å². The minimum Gasteiger partial charge on any atom is -0.324 e. The summed E-state index contributed by atoms with van der Waals surface area (Å²) in [5.74, 6) is 0. The van der Waals surface area contributed by atoms with Gasteiger partial charge in [0.2, 0.25) is 0 Å². The van der Waals surface area contributed by atoms with Gasteiger partial charge in [-0.1, -0.05) is 12.1 Å². The Morgan fingerprint density at radius 2 is 1.62 bits per heavy atom. The van der Waals surface area contributed by atoms with Gasteiger partial charge in [-0.2, -0.15) is 0 Å². The van der Waals surface area contributed by atoms with Crippen LogP contribution in [0.1, 0.15) is 11.1 Å². The summed E-state index contributed by atoms with van der Waals surface area (Å²) < 4.78 is 2.14. The summed E-state index contributed by atoms with van der Waals surface area (Å²) in [5, 5.41) is 0. The molecule has 1 heteroatoms. The molecule has 0 aliphatic heterocycles. The van der Waals surface area contributed by atoms with Crippen molar-refractivity contribution in [2.24, 2.45) is 0 Å². The second kappa shape index (κ2) is 3.09. The van der Waals surface area contributed by atoms with Crippen LogP contribution in [0.3, 0.4) is 0 Å². The van der Waals surface area contributed by atoms with E-state index in [4.69, 9.17) is 0 Å². The van der Waals surface area contributed by atoms with Crippen LogP contribution < -0.4 is 0 Å². The Hall–Kier alpha value is -1.50. The molecule has 0 saturated carbocycles. The van der Waals surface area contributed by atoms with Gasteiger partial charge in [-0.25, -0.2) is 0 Å². The van der Waals surface area contributed by atoms with E-state index in [0.717, 1.165) is 0 Å². The standard InChI is InChI=1S/C12H13N/c1-10-6-5-7-12(11(10)2)13-8-3-4-9-13/h3-9H,1-2H3. The first-order valence-corrected chi connectivity index (χ1v) is 4.48. The predicted molar refractivity (Wildman–Crippen MR) is 55.2 cm³/mol. The average molecular weight is 171 g/mol. The fourth-order valence-corrected chi connectivity index (χ4v) is 1.51. The monoisotopic (exact) mass is 171 g/mol. The van der Waals surface area contributed by atoms with Crippen LogP contribution in [0.25, 0.3) is 5.69 Å². The lowest BCUT2D eigenvalue weighted by molar-refractivity contribution is 1.05. The van der Waals surface area contributed by atoms with Crippen LogP contribution in [-0.4, -0.2) is 4.57 Å². The van der Waals surface area contributed by atoms with Gasteiger partial charge in [0.15, 0.2) is 0 Å². The first-order chi connectivity index (χ1) is 6.29. The Bertz CT molecular complexity index is 399. The number of rotatable bonds is 1. The zero-order chi connectivity index (χ0) is 9.26. The van der Waals surface area contributed by atoms with Crippen molar-refractivity contribution in [2.75, 3.05) is 0 Å². The molecule has 0 radical (unpaired) electrons. The van der Waals surface area contributed by atoms with Crippen LogP contribution in [0, 0.1) is 13.8 Å². The molecule has 2 rings (SSSR count). The number of hydrogen-bond acceptors (Lipinski definition) is 0. The van der Waals surface area contributed by atoms with E-state index in [-0.39, 0.29) is 0 Å². The summed E-state index contributed by atoms with van der Waals surface area (Å²) >= 11 is 0. The molecule has 0 atom stereocenters. The summed E-state index contributed by atoms with van der Waals surface area (Å²) in [5.41, 5.74) is 3.95. The molecule has 0 unspecified atom stereocenters. The maximum absolute atomic E-state index is 2.16. The summed E-state index contributed by atoms with van der Waals surface area (Å²) in [6.45, 7) is 4.30. The van der Waals surface area contributed by atoms with E-state index in [1.807, 2.05) is 12.1 Å². The Morgan fingerprint density at radius 3 is 2.31 bits per heavy atom. The highest BCUT2D eigenvalue weighted by atomic mass is 14.9. The van der Waals surface area contributed by atoms with Gasteiger partial charge in [-0.15, -0.1) is 0 Å². The van der Waals surface area contributed by atoms with E-state index >= 15 is 0 Å². The molecule has 0 aliphatic rings. The molecule has 0 amide bonds. The molecule has 1 aromatic carbocycles. The summed E-state index contributed by atoms with van der Waals surface area (Å²) in [6, 6.07) is 10.5. The van der Waals surface area contributed by atoms with E-state index in [2.05, 4.69) is 49.0 Å². The minimum atomic E-state index is 1.27. The van der Waals surface area contributed by atoms with Gasteiger partial charge < -0.3 is 4.57 Å². The van der Waals surface area contributed by atoms with Crippen LogP contribution in [0.2, 0.25) is 0 Å². The number of aromatic nitrogens is 1. The van der Waals surface area contributed by atoms with Gasteiger partial charge in [0.05, 0.1) is 0 Å². The molecule has 0 spiro atoms. The number of benzene rings is 1. The molecule has 1 heterocycles. The second-order valence-electron chi connectivity index (χ2n) is 3.31. The maximum Gasteiger partial charge on any atom is 0.0481 e. The molecule has 0 fully saturated rings. The molecule has 0 saturated heterocycles. The number of aryl methyl sites for hydroxylation is 1. The first kappa shape index (κ1) is 8.11. The Morgan fingerprint density at radius 1 is 0.923 bits per heavy atom. The van der Waals surface area contributed by atoms with Crippen molar-refractivity contribution in [2.45, 2.75) is 13.8 Å². The van der Waals surface area contributed by atoms with Crippen molar-refractivity contribution >= 4 is 0 Å². The molecule has 0 bridgehead atoms. The molecular weight excluding hydrogens is 158 g/mol. The topological polar surface area (TPSA) is 4.93 Å². The lowest BCUT2D eigenvalue weighted by atomic mass is 10.1. The maximum atomic E-state index is 2.16. The summed E-state index contributed by atoms with van der Waals surface area (Å²) in [4.78, 5) is 0. The highest BCUT2D eigenvalue weighted by molar-refractivity contribution is 5.44. The van der Waals surface area contributed by atoms with Crippen molar-refractivity contribution < 1.29 is 0 Å². The second-order valence-corrected chi connectivity index (χ2v) is 3.31. The molecule has 2 aromatic rings. The van der Waals surface area contributed by atoms with Crippen molar-refractivity contribution in [1.29, 1.82) is 0 Å². The molecule has 0 aliphatic carbocycles. The van der Waals surface area contributed by atoms with E-state index in [1.54, 1.807) is 0 Å². The largest absolute Gasteiger partial charge is 0.324 e. The zero-order valence-corrected chi connectivity index (χ0v) is 7.99. The Kier molecular flexibility index (Phi) is 1.93. The normalized spacial score (nSPS) is 10.3. The van der Waals surface area contributed by atoms with Crippen LogP contribution in [0.5, 0.6) is 0 Å². The van der Waals surface area contributed by atoms with Crippen molar-refractivity contribution in [1.82, 2.24) is 4.57 Å².